The average molecular weight is 345 g/mol. The minimum absolute atomic E-state index is 0.160. The van der Waals surface area contributed by atoms with Crippen molar-refractivity contribution in [1.29, 1.82) is 0 Å². The second-order valence-corrected chi connectivity index (χ2v) is 5.44. The quantitative estimate of drug-likeness (QED) is 0.578. The van der Waals surface area contributed by atoms with Crippen LogP contribution in [0.2, 0.25) is 5.02 Å². The molecule has 2 N–H and O–H groups in total. The summed E-state index contributed by atoms with van der Waals surface area (Å²) in [5.74, 6) is -1.55. The molecule has 0 heterocycles. The van der Waals surface area contributed by atoms with Crippen molar-refractivity contribution in [1.82, 2.24) is 10.6 Å². The van der Waals surface area contributed by atoms with Crippen LogP contribution >= 0.6 is 23.4 Å². The van der Waals surface area contributed by atoms with Gasteiger partial charge in [-0.05, 0) is 31.4 Å². The van der Waals surface area contributed by atoms with E-state index in [-0.39, 0.29) is 23.0 Å². The van der Waals surface area contributed by atoms with Crippen LogP contribution in [-0.2, 0) is 14.3 Å². The molecule has 0 aliphatic heterocycles. The Morgan fingerprint density at radius 2 is 1.95 bits per heavy atom. The van der Waals surface area contributed by atoms with Crippen LogP contribution in [0.4, 0.5) is 0 Å². The molecule has 0 fully saturated rings. The van der Waals surface area contributed by atoms with Gasteiger partial charge >= 0.3 is 5.97 Å². The lowest BCUT2D eigenvalue weighted by Gasteiger charge is -2.08. The maximum Gasteiger partial charge on any atom is 0.340 e. The third-order valence-corrected chi connectivity index (χ3v) is 3.60. The normalized spacial score (nSPS) is 9.95. The summed E-state index contributed by atoms with van der Waals surface area (Å²) < 4.78 is 4.89. The van der Waals surface area contributed by atoms with Crippen molar-refractivity contribution in [2.24, 2.45) is 0 Å². The molecule has 8 heteroatoms. The Labute approximate surface area is 137 Å². The number of nitrogens with one attached hydrogen (secondary N) is 2. The fourth-order valence-electron chi connectivity index (χ4n) is 1.49. The Balaban J connectivity index is 2.49. The number of carbonyl (C=O) groups excluding carboxylic acids is 3. The number of benzene rings is 1. The molecule has 0 aliphatic rings. The van der Waals surface area contributed by atoms with Crippen molar-refractivity contribution in [3.8, 4) is 0 Å². The first-order chi connectivity index (χ1) is 10.5. The smallest absolute Gasteiger partial charge is 0.340 e. The van der Waals surface area contributed by atoms with E-state index in [1.165, 1.54) is 11.8 Å². The van der Waals surface area contributed by atoms with Crippen LogP contribution in [0.5, 0.6) is 0 Å². The van der Waals surface area contributed by atoms with E-state index in [2.05, 4.69) is 10.6 Å². The van der Waals surface area contributed by atoms with E-state index in [0.29, 0.717) is 6.54 Å². The molecule has 0 radical (unpaired) electrons. The van der Waals surface area contributed by atoms with Gasteiger partial charge in [0, 0.05) is 11.4 Å². The minimum Gasteiger partial charge on any atom is -0.452 e. The number of hydrogen-bond donors (Lipinski definition) is 2. The summed E-state index contributed by atoms with van der Waals surface area (Å²) in [5.41, 5.74) is 0.199. The number of thioether (sulfide) groups is 1. The van der Waals surface area contributed by atoms with Crippen molar-refractivity contribution < 1.29 is 19.1 Å². The zero-order valence-electron chi connectivity index (χ0n) is 12.3. The molecule has 1 rings (SSSR count). The van der Waals surface area contributed by atoms with Crippen LogP contribution in [0.15, 0.2) is 23.1 Å². The summed E-state index contributed by atoms with van der Waals surface area (Å²) in [6.45, 7) is 1.62. The highest BCUT2D eigenvalue weighted by Gasteiger charge is 2.14. The fraction of sp³-hybridized carbons (Fsp3) is 0.357. The zero-order chi connectivity index (χ0) is 16.5. The highest BCUT2D eigenvalue weighted by Crippen LogP contribution is 2.23. The highest BCUT2D eigenvalue weighted by atomic mass is 35.5. The first kappa shape index (κ1) is 18.3. The molecule has 0 spiro atoms. The van der Waals surface area contributed by atoms with Gasteiger partial charge in [0.2, 0.25) is 5.91 Å². The Morgan fingerprint density at radius 3 is 2.59 bits per heavy atom. The van der Waals surface area contributed by atoms with Gasteiger partial charge in [-0.1, -0.05) is 11.6 Å². The van der Waals surface area contributed by atoms with Gasteiger partial charge in [-0.15, -0.1) is 11.8 Å². The maximum atomic E-state index is 11.9. The number of likely N-dealkylation sites (N-methyl/N-ethyl adjacent to an activating group) is 1. The van der Waals surface area contributed by atoms with Crippen LogP contribution < -0.4 is 10.6 Å². The molecule has 0 aromatic heterocycles. The maximum absolute atomic E-state index is 11.9. The Morgan fingerprint density at radius 1 is 1.23 bits per heavy atom. The third-order valence-electron chi connectivity index (χ3n) is 2.55. The summed E-state index contributed by atoms with van der Waals surface area (Å²) >= 11 is 7.40. The number of rotatable bonds is 7. The Bertz CT molecular complexity index is 566. The summed E-state index contributed by atoms with van der Waals surface area (Å²) in [5, 5.41) is 5.13. The van der Waals surface area contributed by atoms with E-state index >= 15 is 0 Å². The van der Waals surface area contributed by atoms with Gasteiger partial charge in [0.1, 0.15) is 0 Å². The number of ether oxygens (including phenoxy) is 1. The minimum atomic E-state index is -0.686. The van der Waals surface area contributed by atoms with Crippen LogP contribution in [0.25, 0.3) is 0 Å². The van der Waals surface area contributed by atoms with Crippen molar-refractivity contribution in [2.45, 2.75) is 11.8 Å². The molecule has 0 saturated carbocycles. The highest BCUT2D eigenvalue weighted by molar-refractivity contribution is 7.98. The number of amides is 2. The first-order valence-corrected chi connectivity index (χ1v) is 8.12. The molecule has 0 unspecified atom stereocenters. The second kappa shape index (κ2) is 9.32. The van der Waals surface area contributed by atoms with Crippen molar-refractivity contribution in [2.75, 3.05) is 26.0 Å². The number of carbonyl (C=O) groups is 3. The number of hydrogen-bond acceptors (Lipinski definition) is 5. The molecule has 22 heavy (non-hydrogen) atoms. The molecule has 0 saturated heterocycles. The molecule has 1 aromatic carbocycles. The Hall–Kier alpha value is -1.73. The monoisotopic (exact) mass is 344 g/mol. The molecule has 6 nitrogen and oxygen atoms in total. The predicted molar refractivity (Wildman–Crippen MR) is 85.2 cm³/mol. The van der Waals surface area contributed by atoms with Gasteiger partial charge in [0.15, 0.2) is 6.61 Å². The molecule has 0 bridgehead atoms. The largest absolute Gasteiger partial charge is 0.452 e. The lowest BCUT2D eigenvalue weighted by atomic mass is 10.2. The summed E-state index contributed by atoms with van der Waals surface area (Å²) in [4.78, 5) is 35.4. The van der Waals surface area contributed by atoms with Crippen molar-refractivity contribution in [3.63, 3.8) is 0 Å². The predicted octanol–water partition coefficient (Wildman–Crippen LogP) is 1.47. The average Bonchev–Trinajstić information content (AvgIpc) is 2.51. The van der Waals surface area contributed by atoms with Gasteiger partial charge in [-0.2, -0.15) is 0 Å². The molecule has 120 valence electrons. The molecular formula is C14H17ClN2O4S. The SMILES string of the molecule is CCNC(=O)CNC(=O)COC(=O)c1cc(SC)ccc1Cl. The van der Waals surface area contributed by atoms with Gasteiger partial charge in [-0.3, -0.25) is 9.59 Å². The fourth-order valence-corrected chi connectivity index (χ4v) is 2.12. The van der Waals surface area contributed by atoms with Gasteiger partial charge < -0.3 is 15.4 Å². The van der Waals surface area contributed by atoms with E-state index < -0.39 is 18.5 Å². The topological polar surface area (TPSA) is 84.5 Å². The van der Waals surface area contributed by atoms with Crippen LogP contribution in [0, 0.1) is 0 Å². The molecule has 0 aliphatic carbocycles. The van der Waals surface area contributed by atoms with Gasteiger partial charge in [0.25, 0.3) is 5.91 Å². The first-order valence-electron chi connectivity index (χ1n) is 6.52. The van der Waals surface area contributed by atoms with E-state index in [0.717, 1.165) is 4.90 Å². The van der Waals surface area contributed by atoms with Crippen LogP contribution in [0.1, 0.15) is 17.3 Å². The standard InChI is InChI=1S/C14H17ClN2O4S/c1-3-16-12(18)7-17-13(19)8-21-14(20)10-6-9(22-2)4-5-11(10)15/h4-6H,3,7-8H2,1-2H3,(H,16,18)(H,17,19). The van der Waals surface area contributed by atoms with E-state index in [1.54, 1.807) is 25.1 Å². The molecule has 1 aromatic rings. The molecule has 0 atom stereocenters. The van der Waals surface area contributed by atoms with Crippen LogP contribution in [0.3, 0.4) is 0 Å². The van der Waals surface area contributed by atoms with Crippen molar-refractivity contribution >= 4 is 41.1 Å². The van der Waals surface area contributed by atoms with Crippen molar-refractivity contribution in [3.05, 3.63) is 28.8 Å². The summed E-state index contributed by atoms with van der Waals surface area (Å²) in [6, 6.07) is 4.98. The third kappa shape index (κ3) is 5.95. The lowest BCUT2D eigenvalue weighted by Crippen LogP contribution is -2.38. The summed E-state index contributed by atoms with van der Waals surface area (Å²) in [7, 11) is 0. The van der Waals surface area contributed by atoms with Gasteiger partial charge in [0.05, 0.1) is 17.1 Å². The number of halogens is 1. The lowest BCUT2D eigenvalue weighted by molar-refractivity contribution is -0.127. The second-order valence-electron chi connectivity index (χ2n) is 4.15. The van der Waals surface area contributed by atoms with E-state index in [1.807, 2.05) is 6.26 Å². The zero-order valence-corrected chi connectivity index (χ0v) is 13.8. The van der Waals surface area contributed by atoms with E-state index in [4.69, 9.17) is 16.3 Å². The van der Waals surface area contributed by atoms with Crippen LogP contribution in [-0.4, -0.2) is 43.7 Å². The van der Waals surface area contributed by atoms with E-state index in [9.17, 15) is 14.4 Å². The number of esters is 1. The Kier molecular flexibility index (Phi) is 7.76. The van der Waals surface area contributed by atoms with Gasteiger partial charge in [-0.25, -0.2) is 4.79 Å². The summed E-state index contributed by atoms with van der Waals surface area (Å²) in [6.07, 6.45) is 1.87. The molecular weight excluding hydrogens is 328 g/mol. The molecule has 2 amide bonds.